The Morgan fingerprint density at radius 2 is 2.10 bits per heavy atom. The lowest BCUT2D eigenvalue weighted by molar-refractivity contribution is -0.126. The first-order chi connectivity index (χ1) is 9.28. The SMILES string of the molecule is Cc1cc(CS(=O)(=O)N(C)C2(C(N)=O)CCCC2)no1. The van der Waals surface area contributed by atoms with Crippen molar-refractivity contribution in [1.82, 2.24) is 9.46 Å². The number of primary amides is 1. The maximum absolute atomic E-state index is 12.4. The second kappa shape index (κ2) is 5.17. The highest BCUT2D eigenvalue weighted by Gasteiger charge is 2.48. The first kappa shape index (κ1) is 15.0. The number of carbonyl (C=O) groups is 1. The van der Waals surface area contributed by atoms with Gasteiger partial charge in [-0.2, -0.15) is 4.31 Å². The van der Waals surface area contributed by atoms with Crippen LogP contribution >= 0.6 is 0 Å². The third-order valence-electron chi connectivity index (χ3n) is 3.92. The highest BCUT2D eigenvalue weighted by atomic mass is 32.2. The Morgan fingerprint density at radius 3 is 2.55 bits per heavy atom. The molecule has 0 bridgehead atoms. The zero-order chi connectivity index (χ0) is 15.0. The van der Waals surface area contributed by atoms with Crippen molar-refractivity contribution >= 4 is 15.9 Å². The lowest BCUT2D eigenvalue weighted by atomic mass is 9.97. The Balaban J connectivity index is 2.26. The molecule has 0 radical (unpaired) electrons. The zero-order valence-corrected chi connectivity index (χ0v) is 12.4. The normalized spacial score (nSPS) is 18.6. The lowest BCUT2D eigenvalue weighted by Gasteiger charge is -2.34. The Labute approximate surface area is 118 Å². The second-order valence-electron chi connectivity index (χ2n) is 5.26. The van der Waals surface area contributed by atoms with Crippen LogP contribution in [0.2, 0.25) is 0 Å². The fraction of sp³-hybridized carbons (Fsp3) is 0.667. The number of nitrogens with two attached hydrogens (primary N) is 1. The van der Waals surface area contributed by atoms with Gasteiger partial charge in [0.05, 0.1) is 0 Å². The van der Waals surface area contributed by atoms with E-state index < -0.39 is 21.5 Å². The highest BCUT2D eigenvalue weighted by molar-refractivity contribution is 7.88. The maximum atomic E-state index is 12.4. The maximum Gasteiger partial charge on any atom is 0.238 e. The molecule has 0 atom stereocenters. The van der Waals surface area contributed by atoms with E-state index in [-0.39, 0.29) is 5.75 Å². The third kappa shape index (κ3) is 2.57. The molecule has 8 heteroatoms. The van der Waals surface area contributed by atoms with Crippen LogP contribution in [0.3, 0.4) is 0 Å². The van der Waals surface area contributed by atoms with Crippen LogP contribution in [0, 0.1) is 6.92 Å². The van der Waals surface area contributed by atoms with Crippen molar-refractivity contribution in [2.24, 2.45) is 5.73 Å². The number of carbonyl (C=O) groups excluding carboxylic acids is 1. The van der Waals surface area contributed by atoms with Crippen molar-refractivity contribution in [1.29, 1.82) is 0 Å². The molecule has 2 rings (SSSR count). The van der Waals surface area contributed by atoms with Crippen LogP contribution < -0.4 is 5.73 Å². The van der Waals surface area contributed by atoms with Gasteiger partial charge >= 0.3 is 0 Å². The molecular formula is C12H19N3O4S. The highest BCUT2D eigenvalue weighted by Crippen LogP contribution is 2.36. The molecule has 1 fully saturated rings. The van der Waals surface area contributed by atoms with Crippen LogP contribution in [0.25, 0.3) is 0 Å². The molecule has 1 aliphatic carbocycles. The molecule has 112 valence electrons. The molecule has 1 saturated carbocycles. The van der Waals surface area contributed by atoms with E-state index in [4.69, 9.17) is 10.3 Å². The van der Waals surface area contributed by atoms with Gasteiger partial charge in [0, 0.05) is 13.1 Å². The summed E-state index contributed by atoms with van der Waals surface area (Å²) in [6.07, 6.45) is 2.53. The molecule has 1 amide bonds. The molecule has 0 unspecified atom stereocenters. The van der Waals surface area contributed by atoms with Crippen LogP contribution in [0.4, 0.5) is 0 Å². The molecule has 20 heavy (non-hydrogen) atoms. The second-order valence-corrected chi connectivity index (χ2v) is 7.26. The summed E-state index contributed by atoms with van der Waals surface area (Å²) in [5.41, 5.74) is 4.67. The Kier molecular flexibility index (Phi) is 3.88. The predicted molar refractivity (Wildman–Crippen MR) is 72.0 cm³/mol. The first-order valence-electron chi connectivity index (χ1n) is 6.47. The minimum atomic E-state index is -3.68. The van der Waals surface area contributed by atoms with E-state index in [9.17, 15) is 13.2 Å². The van der Waals surface area contributed by atoms with Gasteiger partial charge in [0.15, 0.2) is 0 Å². The lowest BCUT2D eigenvalue weighted by Crippen LogP contribution is -2.56. The van der Waals surface area contributed by atoms with Gasteiger partial charge < -0.3 is 10.3 Å². The molecule has 1 aromatic heterocycles. The Hall–Kier alpha value is -1.41. The molecule has 1 aliphatic rings. The van der Waals surface area contributed by atoms with Gasteiger partial charge in [-0.15, -0.1) is 0 Å². The molecule has 0 aromatic carbocycles. The molecule has 0 saturated heterocycles. The predicted octanol–water partition coefficient (Wildman–Crippen LogP) is 0.543. The van der Waals surface area contributed by atoms with Gasteiger partial charge in [0.2, 0.25) is 15.9 Å². The number of aromatic nitrogens is 1. The average molecular weight is 301 g/mol. The largest absolute Gasteiger partial charge is 0.368 e. The number of nitrogens with zero attached hydrogens (tertiary/aromatic N) is 2. The van der Waals surface area contributed by atoms with Crippen LogP contribution in [0.1, 0.15) is 37.1 Å². The number of amides is 1. The van der Waals surface area contributed by atoms with Gasteiger partial charge in [-0.25, -0.2) is 8.42 Å². The van der Waals surface area contributed by atoms with Crippen molar-refractivity contribution in [3.8, 4) is 0 Å². The average Bonchev–Trinajstić information content (AvgIpc) is 2.97. The molecule has 2 N–H and O–H groups in total. The summed E-state index contributed by atoms with van der Waals surface area (Å²) in [5, 5.41) is 3.68. The van der Waals surface area contributed by atoms with Crippen molar-refractivity contribution in [3.63, 3.8) is 0 Å². The van der Waals surface area contributed by atoms with Gasteiger partial charge in [-0.3, -0.25) is 4.79 Å². The molecule has 7 nitrogen and oxygen atoms in total. The number of likely N-dealkylation sites (N-methyl/N-ethyl adjacent to an activating group) is 1. The molecule has 0 spiro atoms. The van der Waals surface area contributed by atoms with Gasteiger partial charge in [0.25, 0.3) is 0 Å². The topological polar surface area (TPSA) is 106 Å². The third-order valence-corrected chi connectivity index (χ3v) is 5.76. The van der Waals surface area contributed by atoms with E-state index >= 15 is 0 Å². The van der Waals surface area contributed by atoms with Crippen LogP contribution in [-0.2, 0) is 20.6 Å². The number of hydrogen-bond acceptors (Lipinski definition) is 5. The smallest absolute Gasteiger partial charge is 0.238 e. The first-order valence-corrected chi connectivity index (χ1v) is 8.08. The van der Waals surface area contributed by atoms with Crippen molar-refractivity contribution < 1.29 is 17.7 Å². The van der Waals surface area contributed by atoms with Gasteiger partial charge in [-0.1, -0.05) is 18.0 Å². The molecular weight excluding hydrogens is 282 g/mol. The fourth-order valence-electron chi connectivity index (χ4n) is 2.71. The number of rotatable bonds is 5. The molecule has 1 heterocycles. The number of sulfonamides is 1. The van der Waals surface area contributed by atoms with E-state index in [0.717, 1.165) is 17.1 Å². The van der Waals surface area contributed by atoms with E-state index in [2.05, 4.69) is 5.16 Å². The molecule has 0 aliphatic heterocycles. The summed E-state index contributed by atoms with van der Waals surface area (Å²) in [6.45, 7) is 1.69. The standard InChI is InChI=1S/C12H19N3O4S/c1-9-7-10(14-19-9)8-20(17,18)15(2)12(11(13)16)5-3-4-6-12/h7H,3-6,8H2,1-2H3,(H2,13,16). The summed E-state index contributed by atoms with van der Waals surface area (Å²) in [7, 11) is -2.26. The van der Waals surface area contributed by atoms with Crippen LogP contribution in [0.15, 0.2) is 10.6 Å². The van der Waals surface area contributed by atoms with E-state index in [1.54, 1.807) is 13.0 Å². The summed E-state index contributed by atoms with van der Waals surface area (Å²) in [4.78, 5) is 11.8. The summed E-state index contributed by atoms with van der Waals surface area (Å²) in [5.74, 6) is -0.337. The van der Waals surface area contributed by atoms with E-state index in [1.165, 1.54) is 7.05 Å². The Bertz CT molecular complexity index is 602. The van der Waals surface area contributed by atoms with Crippen LogP contribution in [-0.4, -0.2) is 36.4 Å². The van der Waals surface area contributed by atoms with Gasteiger partial charge in [-0.05, 0) is 19.8 Å². The summed E-state index contributed by atoms with van der Waals surface area (Å²) >= 11 is 0. The van der Waals surface area contributed by atoms with Gasteiger partial charge in [0.1, 0.15) is 22.7 Å². The monoisotopic (exact) mass is 301 g/mol. The van der Waals surface area contributed by atoms with Crippen molar-refractivity contribution in [2.45, 2.75) is 43.9 Å². The Morgan fingerprint density at radius 1 is 1.50 bits per heavy atom. The zero-order valence-electron chi connectivity index (χ0n) is 11.6. The van der Waals surface area contributed by atoms with Crippen molar-refractivity contribution in [2.75, 3.05) is 7.05 Å². The summed E-state index contributed by atoms with van der Waals surface area (Å²) in [6, 6.07) is 1.57. The number of aryl methyl sites for hydroxylation is 1. The van der Waals surface area contributed by atoms with E-state index in [1.807, 2.05) is 0 Å². The fourth-order valence-corrected chi connectivity index (χ4v) is 4.22. The van der Waals surface area contributed by atoms with E-state index in [0.29, 0.717) is 24.3 Å². The van der Waals surface area contributed by atoms with Crippen molar-refractivity contribution in [3.05, 3.63) is 17.5 Å². The minimum Gasteiger partial charge on any atom is -0.368 e. The quantitative estimate of drug-likeness (QED) is 0.854. The molecule has 1 aromatic rings. The van der Waals surface area contributed by atoms with Crippen LogP contribution in [0.5, 0.6) is 0 Å². The summed E-state index contributed by atoms with van der Waals surface area (Å²) < 4.78 is 30.9. The minimum absolute atomic E-state index is 0.296. The number of hydrogen-bond donors (Lipinski definition) is 1.